The van der Waals surface area contributed by atoms with Crippen molar-refractivity contribution in [3.63, 3.8) is 0 Å². The van der Waals surface area contributed by atoms with E-state index in [1.807, 2.05) is 6.92 Å². The fraction of sp³-hybridized carbons (Fsp3) is 0.750. The summed E-state index contributed by atoms with van der Waals surface area (Å²) in [4.78, 5) is 23.4. The number of Topliss-reactive ketones (excluding diaryl/α,β-unsaturated/α-hetero) is 2. The van der Waals surface area contributed by atoms with Crippen molar-refractivity contribution in [2.75, 3.05) is 0 Å². The van der Waals surface area contributed by atoms with E-state index < -0.39 is 0 Å². The van der Waals surface area contributed by atoms with Crippen LogP contribution in [0.2, 0.25) is 0 Å². The SMILES string of the molecule is CC1CC(=O)CCCCC=CCCCCC(=O)C1. The first-order chi connectivity index (χ1) is 8.68. The van der Waals surface area contributed by atoms with E-state index in [2.05, 4.69) is 12.2 Å². The molecule has 0 unspecified atom stereocenters. The Hall–Kier alpha value is -0.920. The topological polar surface area (TPSA) is 34.1 Å². The van der Waals surface area contributed by atoms with Gasteiger partial charge in [-0.2, -0.15) is 0 Å². The number of rotatable bonds is 0. The van der Waals surface area contributed by atoms with Crippen molar-refractivity contribution in [2.45, 2.75) is 71.1 Å². The minimum atomic E-state index is 0.230. The molecule has 0 heterocycles. The molecule has 0 aliphatic heterocycles. The maximum absolute atomic E-state index is 11.7. The lowest BCUT2D eigenvalue weighted by Gasteiger charge is -2.09. The molecule has 0 fully saturated rings. The molecular formula is C16H26O2. The van der Waals surface area contributed by atoms with Crippen LogP contribution in [0, 0.1) is 5.92 Å². The largest absolute Gasteiger partial charge is 0.300 e. The summed E-state index contributed by atoms with van der Waals surface area (Å²) in [7, 11) is 0. The summed E-state index contributed by atoms with van der Waals surface area (Å²) in [5.41, 5.74) is 0. The second-order valence-corrected chi connectivity index (χ2v) is 5.55. The molecule has 0 aromatic heterocycles. The molecular weight excluding hydrogens is 224 g/mol. The van der Waals surface area contributed by atoms with E-state index in [4.69, 9.17) is 0 Å². The Morgan fingerprint density at radius 3 is 1.72 bits per heavy atom. The molecule has 0 saturated carbocycles. The fourth-order valence-electron chi connectivity index (χ4n) is 2.46. The van der Waals surface area contributed by atoms with Crippen molar-refractivity contribution in [3.05, 3.63) is 12.2 Å². The third-order valence-corrected chi connectivity index (χ3v) is 3.47. The normalized spacial score (nSPS) is 22.5. The minimum Gasteiger partial charge on any atom is -0.300 e. The second kappa shape index (κ2) is 9.07. The molecule has 0 atom stereocenters. The zero-order valence-electron chi connectivity index (χ0n) is 11.6. The monoisotopic (exact) mass is 250 g/mol. The van der Waals surface area contributed by atoms with Gasteiger partial charge in [-0.1, -0.05) is 19.1 Å². The van der Waals surface area contributed by atoms with Gasteiger partial charge in [0.2, 0.25) is 0 Å². The highest BCUT2D eigenvalue weighted by atomic mass is 16.1. The molecule has 1 aliphatic rings. The Labute approximate surface area is 111 Å². The highest BCUT2D eigenvalue weighted by Crippen LogP contribution is 2.15. The Morgan fingerprint density at radius 1 is 0.833 bits per heavy atom. The zero-order valence-corrected chi connectivity index (χ0v) is 11.6. The molecule has 1 aliphatic carbocycles. The van der Waals surface area contributed by atoms with Crippen LogP contribution in [0.15, 0.2) is 12.2 Å². The van der Waals surface area contributed by atoms with Crippen molar-refractivity contribution in [2.24, 2.45) is 5.92 Å². The Bertz CT molecular complexity index is 263. The molecule has 0 saturated heterocycles. The number of allylic oxidation sites excluding steroid dienone is 2. The summed E-state index contributed by atoms with van der Waals surface area (Å²) in [6.45, 7) is 2.02. The van der Waals surface area contributed by atoms with Gasteiger partial charge in [-0.15, -0.1) is 0 Å². The lowest BCUT2D eigenvalue weighted by molar-refractivity contribution is -0.121. The molecule has 0 bridgehead atoms. The number of hydrogen-bond donors (Lipinski definition) is 0. The standard InChI is InChI=1S/C16H26O2/c1-14-12-15(17)10-8-6-4-2-3-5-7-9-11-16(18)13-14/h2-3,14H,4-13H2,1H3. The van der Waals surface area contributed by atoms with Gasteiger partial charge in [0.15, 0.2) is 0 Å². The molecule has 0 aromatic rings. The van der Waals surface area contributed by atoms with Crippen molar-refractivity contribution in [3.8, 4) is 0 Å². The van der Waals surface area contributed by atoms with Gasteiger partial charge in [0.1, 0.15) is 11.6 Å². The van der Waals surface area contributed by atoms with Crippen LogP contribution in [0.3, 0.4) is 0 Å². The van der Waals surface area contributed by atoms with Crippen LogP contribution in [-0.4, -0.2) is 11.6 Å². The summed E-state index contributed by atoms with van der Waals surface area (Å²) in [6, 6.07) is 0. The average molecular weight is 250 g/mol. The summed E-state index contributed by atoms with van der Waals surface area (Å²) >= 11 is 0. The van der Waals surface area contributed by atoms with Crippen LogP contribution in [0.5, 0.6) is 0 Å². The Balaban J connectivity index is 2.41. The summed E-state index contributed by atoms with van der Waals surface area (Å²) in [5.74, 6) is 0.886. The molecule has 0 amide bonds. The van der Waals surface area contributed by atoms with Crippen LogP contribution in [0.4, 0.5) is 0 Å². The van der Waals surface area contributed by atoms with Crippen LogP contribution in [0.25, 0.3) is 0 Å². The highest BCUT2D eigenvalue weighted by Gasteiger charge is 2.13. The third-order valence-electron chi connectivity index (χ3n) is 3.47. The lowest BCUT2D eigenvalue weighted by Crippen LogP contribution is -2.10. The first-order valence-corrected chi connectivity index (χ1v) is 7.37. The van der Waals surface area contributed by atoms with Gasteiger partial charge in [-0.25, -0.2) is 0 Å². The molecule has 0 aromatic carbocycles. The molecule has 2 heteroatoms. The van der Waals surface area contributed by atoms with Gasteiger partial charge in [0, 0.05) is 25.7 Å². The van der Waals surface area contributed by atoms with E-state index in [9.17, 15) is 9.59 Å². The second-order valence-electron chi connectivity index (χ2n) is 5.55. The van der Waals surface area contributed by atoms with Gasteiger partial charge in [-0.3, -0.25) is 9.59 Å². The maximum Gasteiger partial charge on any atom is 0.133 e. The Kier molecular flexibility index (Phi) is 7.63. The van der Waals surface area contributed by atoms with Crippen molar-refractivity contribution < 1.29 is 9.59 Å². The molecule has 0 radical (unpaired) electrons. The number of carbonyl (C=O) groups is 2. The predicted molar refractivity (Wildman–Crippen MR) is 74.5 cm³/mol. The number of hydrogen-bond acceptors (Lipinski definition) is 2. The zero-order chi connectivity index (χ0) is 13.2. The quantitative estimate of drug-likeness (QED) is 0.603. The summed E-state index contributed by atoms with van der Waals surface area (Å²) in [5, 5.41) is 0. The summed E-state index contributed by atoms with van der Waals surface area (Å²) < 4.78 is 0. The van der Waals surface area contributed by atoms with Crippen LogP contribution in [0.1, 0.15) is 71.1 Å². The molecule has 2 nitrogen and oxygen atoms in total. The minimum absolute atomic E-state index is 0.230. The summed E-state index contributed by atoms with van der Waals surface area (Å²) in [6.07, 6.45) is 13.3. The average Bonchev–Trinajstić information content (AvgIpc) is 2.30. The van der Waals surface area contributed by atoms with E-state index in [1.165, 1.54) is 0 Å². The van der Waals surface area contributed by atoms with E-state index in [0.29, 0.717) is 37.2 Å². The lowest BCUT2D eigenvalue weighted by atomic mass is 9.94. The van der Waals surface area contributed by atoms with E-state index in [0.717, 1.165) is 38.5 Å². The van der Waals surface area contributed by atoms with Gasteiger partial charge in [0.25, 0.3) is 0 Å². The first-order valence-electron chi connectivity index (χ1n) is 7.37. The third kappa shape index (κ3) is 7.41. The first kappa shape index (κ1) is 15.1. The maximum atomic E-state index is 11.7. The van der Waals surface area contributed by atoms with Crippen LogP contribution in [-0.2, 0) is 9.59 Å². The van der Waals surface area contributed by atoms with E-state index >= 15 is 0 Å². The van der Waals surface area contributed by atoms with Crippen molar-refractivity contribution in [1.29, 1.82) is 0 Å². The van der Waals surface area contributed by atoms with Gasteiger partial charge >= 0.3 is 0 Å². The number of carbonyl (C=O) groups excluding carboxylic acids is 2. The number of ketones is 2. The smallest absolute Gasteiger partial charge is 0.133 e. The van der Waals surface area contributed by atoms with Gasteiger partial charge in [-0.05, 0) is 44.4 Å². The fourth-order valence-corrected chi connectivity index (χ4v) is 2.46. The Morgan fingerprint density at radius 2 is 1.28 bits per heavy atom. The molecule has 0 spiro atoms. The molecule has 0 N–H and O–H groups in total. The van der Waals surface area contributed by atoms with Gasteiger partial charge in [0.05, 0.1) is 0 Å². The van der Waals surface area contributed by atoms with Crippen molar-refractivity contribution in [1.82, 2.24) is 0 Å². The van der Waals surface area contributed by atoms with Gasteiger partial charge < -0.3 is 0 Å². The molecule has 1 rings (SSSR count). The van der Waals surface area contributed by atoms with Crippen LogP contribution < -0.4 is 0 Å². The van der Waals surface area contributed by atoms with Crippen LogP contribution >= 0.6 is 0 Å². The molecule has 102 valence electrons. The van der Waals surface area contributed by atoms with Crippen molar-refractivity contribution >= 4 is 11.6 Å². The highest BCUT2D eigenvalue weighted by molar-refractivity contribution is 5.81. The van der Waals surface area contributed by atoms with E-state index in [-0.39, 0.29) is 5.92 Å². The predicted octanol–water partition coefficient (Wildman–Crippen LogP) is 4.23. The van der Waals surface area contributed by atoms with E-state index in [1.54, 1.807) is 0 Å². The molecule has 18 heavy (non-hydrogen) atoms.